The standard InChI is InChI=1S/C8H12N4O2S/c1-7-10-8(6-11(7)2)15(13,14)12(3)5-4-9/h6H,5H2,1-3H3. The van der Waals surface area contributed by atoms with Crippen molar-refractivity contribution in [3.8, 4) is 6.07 Å². The van der Waals surface area contributed by atoms with Gasteiger partial charge in [0.1, 0.15) is 12.4 Å². The van der Waals surface area contributed by atoms with Crippen LogP contribution in [-0.2, 0) is 17.1 Å². The first-order chi connectivity index (χ1) is 6.89. The largest absolute Gasteiger partial charge is 0.337 e. The van der Waals surface area contributed by atoms with Gasteiger partial charge in [-0.05, 0) is 6.92 Å². The van der Waals surface area contributed by atoms with E-state index in [-0.39, 0.29) is 11.6 Å². The fourth-order valence-corrected chi connectivity index (χ4v) is 2.08. The predicted molar refractivity (Wildman–Crippen MR) is 53.4 cm³/mol. The fourth-order valence-electron chi connectivity index (χ4n) is 0.995. The van der Waals surface area contributed by atoms with Crippen molar-refractivity contribution in [2.24, 2.45) is 7.05 Å². The van der Waals surface area contributed by atoms with Gasteiger partial charge in [0.2, 0.25) is 0 Å². The van der Waals surface area contributed by atoms with Gasteiger partial charge < -0.3 is 4.57 Å². The first kappa shape index (κ1) is 11.7. The lowest BCUT2D eigenvalue weighted by atomic mass is 10.7. The van der Waals surface area contributed by atoms with Crippen molar-refractivity contribution in [3.63, 3.8) is 0 Å². The maximum atomic E-state index is 11.8. The van der Waals surface area contributed by atoms with Gasteiger partial charge in [0, 0.05) is 20.3 Å². The van der Waals surface area contributed by atoms with Crippen LogP contribution >= 0.6 is 0 Å². The van der Waals surface area contributed by atoms with Crippen LogP contribution in [0.3, 0.4) is 0 Å². The summed E-state index contributed by atoms with van der Waals surface area (Å²) in [5.74, 6) is 0.610. The lowest BCUT2D eigenvalue weighted by molar-refractivity contribution is 0.498. The molecule has 0 unspecified atom stereocenters. The molecule has 82 valence electrons. The van der Waals surface area contributed by atoms with Gasteiger partial charge in [0.25, 0.3) is 10.0 Å². The van der Waals surface area contributed by atoms with E-state index in [1.54, 1.807) is 24.6 Å². The molecule has 0 atom stereocenters. The van der Waals surface area contributed by atoms with Crippen LogP contribution in [0, 0.1) is 18.3 Å². The van der Waals surface area contributed by atoms with E-state index in [1.807, 2.05) is 0 Å². The zero-order chi connectivity index (χ0) is 11.6. The first-order valence-electron chi connectivity index (χ1n) is 4.23. The molecule has 0 aliphatic rings. The van der Waals surface area contributed by atoms with Crippen LogP contribution in [0.4, 0.5) is 0 Å². The molecule has 1 aromatic rings. The molecule has 0 N–H and O–H groups in total. The number of hydrogen-bond acceptors (Lipinski definition) is 4. The number of aryl methyl sites for hydroxylation is 2. The van der Waals surface area contributed by atoms with E-state index in [9.17, 15) is 8.42 Å². The van der Waals surface area contributed by atoms with Gasteiger partial charge >= 0.3 is 0 Å². The first-order valence-corrected chi connectivity index (χ1v) is 5.67. The Morgan fingerprint density at radius 3 is 2.67 bits per heavy atom. The van der Waals surface area contributed by atoms with Crippen LogP contribution in [0.2, 0.25) is 0 Å². The average Bonchev–Trinajstić information content (AvgIpc) is 2.48. The number of sulfonamides is 1. The molecule has 0 saturated carbocycles. The van der Waals surface area contributed by atoms with Gasteiger partial charge in [0.15, 0.2) is 5.03 Å². The zero-order valence-electron chi connectivity index (χ0n) is 8.80. The van der Waals surface area contributed by atoms with Gasteiger partial charge in [-0.25, -0.2) is 13.4 Å². The average molecular weight is 228 g/mol. The Balaban J connectivity index is 3.13. The van der Waals surface area contributed by atoms with E-state index in [0.29, 0.717) is 5.82 Å². The van der Waals surface area contributed by atoms with Crippen LogP contribution < -0.4 is 0 Å². The van der Waals surface area contributed by atoms with E-state index >= 15 is 0 Å². The Labute approximate surface area is 88.8 Å². The van der Waals surface area contributed by atoms with Crippen LogP contribution in [-0.4, -0.2) is 35.9 Å². The quantitative estimate of drug-likeness (QED) is 0.675. The van der Waals surface area contributed by atoms with E-state index in [0.717, 1.165) is 4.31 Å². The highest BCUT2D eigenvalue weighted by Crippen LogP contribution is 2.12. The molecule has 0 radical (unpaired) electrons. The molecule has 15 heavy (non-hydrogen) atoms. The summed E-state index contributed by atoms with van der Waals surface area (Å²) in [6.45, 7) is 1.53. The monoisotopic (exact) mass is 228 g/mol. The molecular formula is C8H12N4O2S. The number of hydrogen-bond donors (Lipinski definition) is 0. The van der Waals surface area contributed by atoms with Gasteiger partial charge in [-0.15, -0.1) is 0 Å². The van der Waals surface area contributed by atoms with E-state index in [2.05, 4.69) is 4.98 Å². The van der Waals surface area contributed by atoms with Crippen LogP contribution in [0.1, 0.15) is 5.82 Å². The van der Waals surface area contributed by atoms with Crippen molar-refractivity contribution in [2.75, 3.05) is 13.6 Å². The van der Waals surface area contributed by atoms with Crippen molar-refractivity contribution in [1.29, 1.82) is 5.26 Å². The lowest BCUT2D eigenvalue weighted by Gasteiger charge is -2.10. The molecule has 0 aromatic carbocycles. The number of imidazole rings is 1. The minimum Gasteiger partial charge on any atom is -0.337 e. The summed E-state index contributed by atoms with van der Waals surface area (Å²) in [5, 5.41) is 8.40. The topological polar surface area (TPSA) is 79.0 Å². The number of aromatic nitrogens is 2. The number of nitrogens with zero attached hydrogens (tertiary/aromatic N) is 4. The third-order valence-electron chi connectivity index (χ3n) is 2.05. The maximum Gasteiger partial charge on any atom is 0.262 e. The van der Waals surface area contributed by atoms with Crippen LogP contribution in [0.5, 0.6) is 0 Å². The summed E-state index contributed by atoms with van der Waals surface area (Å²) in [6, 6.07) is 1.78. The molecule has 0 bridgehead atoms. The molecule has 0 saturated heterocycles. The second-order valence-electron chi connectivity index (χ2n) is 3.16. The lowest BCUT2D eigenvalue weighted by Crippen LogP contribution is -2.27. The Bertz CT molecular complexity index is 478. The minimum atomic E-state index is -3.62. The zero-order valence-corrected chi connectivity index (χ0v) is 9.61. The van der Waals surface area contributed by atoms with Crippen molar-refractivity contribution < 1.29 is 8.42 Å². The highest BCUT2D eigenvalue weighted by molar-refractivity contribution is 7.89. The van der Waals surface area contributed by atoms with Crippen molar-refractivity contribution in [1.82, 2.24) is 13.9 Å². The molecule has 0 fully saturated rings. The van der Waals surface area contributed by atoms with Gasteiger partial charge in [-0.1, -0.05) is 0 Å². The molecule has 0 amide bonds. The molecule has 1 heterocycles. The third-order valence-corrected chi connectivity index (χ3v) is 3.73. The van der Waals surface area contributed by atoms with Gasteiger partial charge in [-0.2, -0.15) is 9.57 Å². The van der Waals surface area contributed by atoms with Crippen LogP contribution in [0.15, 0.2) is 11.2 Å². The van der Waals surface area contributed by atoms with Crippen molar-refractivity contribution in [2.45, 2.75) is 11.9 Å². The summed E-state index contributed by atoms with van der Waals surface area (Å²) in [7, 11) is -0.560. The van der Waals surface area contributed by atoms with Crippen molar-refractivity contribution in [3.05, 3.63) is 12.0 Å². The molecular weight excluding hydrogens is 216 g/mol. The molecule has 6 nitrogen and oxygen atoms in total. The summed E-state index contributed by atoms with van der Waals surface area (Å²) in [4.78, 5) is 3.91. The maximum absolute atomic E-state index is 11.8. The summed E-state index contributed by atoms with van der Waals surface area (Å²) in [5.41, 5.74) is 0. The SMILES string of the molecule is Cc1nc(S(=O)(=O)N(C)CC#N)cn1C. The second kappa shape index (κ2) is 4.00. The predicted octanol–water partition coefficient (Wildman–Crippen LogP) is -0.127. The highest BCUT2D eigenvalue weighted by Gasteiger charge is 2.23. The molecule has 0 aliphatic heterocycles. The smallest absolute Gasteiger partial charge is 0.262 e. The number of rotatable bonds is 3. The van der Waals surface area contributed by atoms with E-state index in [4.69, 9.17) is 5.26 Å². The van der Waals surface area contributed by atoms with E-state index < -0.39 is 10.0 Å². The molecule has 0 aliphatic carbocycles. The van der Waals surface area contributed by atoms with Gasteiger partial charge in [0.05, 0.1) is 6.07 Å². The molecule has 7 heteroatoms. The molecule has 1 aromatic heterocycles. The Morgan fingerprint density at radius 1 is 1.67 bits per heavy atom. The fraction of sp³-hybridized carbons (Fsp3) is 0.500. The third kappa shape index (κ3) is 2.16. The Hall–Kier alpha value is -1.39. The molecule has 0 spiro atoms. The van der Waals surface area contributed by atoms with E-state index in [1.165, 1.54) is 13.2 Å². The van der Waals surface area contributed by atoms with Gasteiger partial charge in [-0.3, -0.25) is 0 Å². The molecule has 1 rings (SSSR count). The highest BCUT2D eigenvalue weighted by atomic mass is 32.2. The number of nitriles is 1. The summed E-state index contributed by atoms with van der Waals surface area (Å²) >= 11 is 0. The minimum absolute atomic E-state index is 0.0275. The van der Waals surface area contributed by atoms with Crippen LogP contribution in [0.25, 0.3) is 0 Å². The van der Waals surface area contributed by atoms with Crippen molar-refractivity contribution >= 4 is 10.0 Å². The summed E-state index contributed by atoms with van der Waals surface area (Å²) in [6.07, 6.45) is 1.43. The normalized spacial score (nSPS) is 11.7. The second-order valence-corrected chi connectivity index (χ2v) is 5.15. The Kier molecular flexibility index (Phi) is 3.12. The Morgan fingerprint density at radius 2 is 2.27 bits per heavy atom. The summed E-state index contributed by atoms with van der Waals surface area (Å²) < 4.78 is 26.2.